The van der Waals surface area contributed by atoms with E-state index in [4.69, 9.17) is 39.5 Å². The maximum absolute atomic E-state index is 12.1. The van der Waals surface area contributed by atoms with Crippen molar-refractivity contribution in [3.05, 3.63) is 11.3 Å². The lowest BCUT2D eigenvalue weighted by molar-refractivity contribution is -0.150. The molecule has 114 valence electrons. The van der Waals surface area contributed by atoms with Crippen molar-refractivity contribution in [3.8, 4) is 0 Å². The molecule has 0 saturated carbocycles. The Kier molecular flexibility index (Phi) is 4.90. The molecule has 0 aromatic rings. The van der Waals surface area contributed by atoms with Gasteiger partial charge in [0.15, 0.2) is 6.04 Å². The summed E-state index contributed by atoms with van der Waals surface area (Å²) in [6.45, 7) is 1.28. The molecule has 0 radical (unpaired) electrons. The molecule has 2 heterocycles. The molecule has 0 unspecified atom stereocenters. The summed E-state index contributed by atoms with van der Waals surface area (Å²) in [4.78, 5) is 39.1. The van der Waals surface area contributed by atoms with Crippen LogP contribution in [0.2, 0.25) is 0 Å². The molecule has 0 spiro atoms. The lowest BCUT2D eigenvalue weighted by Crippen LogP contribution is -2.64. The maximum atomic E-state index is 12.1. The van der Waals surface area contributed by atoms with Crippen LogP contribution < -0.4 is 0 Å². The first-order valence-electron chi connectivity index (χ1n) is 5.71. The zero-order chi connectivity index (χ0) is 15.8. The van der Waals surface area contributed by atoms with E-state index in [1.807, 2.05) is 0 Å². The molecule has 6 nitrogen and oxygen atoms in total. The Morgan fingerprint density at radius 3 is 2.81 bits per heavy atom. The standard InChI is InChI=1S/C11H9Cl3N2O4S/c1-5-2-21-9-6(15-4-17)8(18)16(9)7(5)10(19)20-3-11(12,13)14/h6,9H,2-3H2,1H3/t6-,9-/m1/s1. The molecule has 0 aromatic heterocycles. The van der Waals surface area contributed by atoms with Gasteiger partial charge in [0.2, 0.25) is 9.87 Å². The zero-order valence-corrected chi connectivity index (χ0v) is 13.7. The average Bonchev–Trinajstić information content (AvgIpc) is 2.41. The second kappa shape index (κ2) is 6.18. The molecule has 0 N–H and O–H groups in total. The van der Waals surface area contributed by atoms with Gasteiger partial charge in [-0.2, -0.15) is 4.99 Å². The minimum absolute atomic E-state index is 0.121. The van der Waals surface area contributed by atoms with Gasteiger partial charge in [-0.05, 0) is 12.5 Å². The highest BCUT2D eigenvalue weighted by molar-refractivity contribution is 8.00. The second-order valence-corrected chi connectivity index (χ2v) is 8.02. The van der Waals surface area contributed by atoms with Crippen molar-refractivity contribution < 1.29 is 19.1 Å². The van der Waals surface area contributed by atoms with Gasteiger partial charge >= 0.3 is 5.97 Å². The number of β-lactam (4-membered cyclic amide) rings is 1. The van der Waals surface area contributed by atoms with Gasteiger partial charge < -0.3 is 4.74 Å². The van der Waals surface area contributed by atoms with E-state index in [2.05, 4.69) is 4.99 Å². The zero-order valence-electron chi connectivity index (χ0n) is 10.6. The summed E-state index contributed by atoms with van der Waals surface area (Å²) in [5.41, 5.74) is 0.794. The van der Waals surface area contributed by atoms with Gasteiger partial charge in [-0.3, -0.25) is 9.69 Å². The van der Waals surface area contributed by atoms with Crippen molar-refractivity contribution in [1.82, 2.24) is 4.90 Å². The van der Waals surface area contributed by atoms with E-state index in [0.29, 0.717) is 11.3 Å². The number of aliphatic imine (C=N–C) groups is 1. The molecule has 1 fully saturated rings. The van der Waals surface area contributed by atoms with E-state index in [0.717, 1.165) is 0 Å². The highest BCUT2D eigenvalue weighted by atomic mass is 35.6. The molecule has 10 heteroatoms. The number of halogens is 3. The first-order valence-corrected chi connectivity index (χ1v) is 7.90. The van der Waals surface area contributed by atoms with Crippen LogP contribution in [0.15, 0.2) is 16.3 Å². The third-order valence-corrected chi connectivity index (χ3v) is 4.62. The van der Waals surface area contributed by atoms with E-state index in [9.17, 15) is 14.4 Å². The number of thioether (sulfide) groups is 1. The summed E-state index contributed by atoms with van der Waals surface area (Å²) in [6.07, 6.45) is 1.36. The van der Waals surface area contributed by atoms with E-state index in [1.54, 1.807) is 6.92 Å². The number of ether oxygens (including phenoxy) is 1. The molecule has 0 aromatic carbocycles. The predicted molar refractivity (Wildman–Crippen MR) is 79.0 cm³/mol. The molecule has 1 amide bonds. The fourth-order valence-corrected chi connectivity index (χ4v) is 3.44. The van der Waals surface area contributed by atoms with E-state index >= 15 is 0 Å². The topological polar surface area (TPSA) is 76.0 Å². The largest absolute Gasteiger partial charge is 0.456 e. The molecular weight excluding hydrogens is 363 g/mol. The minimum Gasteiger partial charge on any atom is -0.456 e. The Hall–Kier alpha value is -0.720. The Labute approximate surface area is 139 Å². The van der Waals surface area contributed by atoms with Crippen LogP contribution >= 0.6 is 46.6 Å². The Morgan fingerprint density at radius 2 is 2.24 bits per heavy atom. The quantitative estimate of drug-likeness (QED) is 0.248. The second-order valence-electron chi connectivity index (χ2n) is 4.40. The SMILES string of the molecule is CC1=C(C(=O)OCC(Cl)(Cl)Cl)N2C(=O)[C@@H](N=C=O)[C@H]2SC1. The molecular formula is C11H9Cl3N2O4S. The molecule has 21 heavy (non-hydrogen) atoms. The van der Waals surface area contributed by atoms with E-state index in [1.165, 1.54) is 22.7 Å². The van der Waals surface area contributed by atoms with Crippen molar-refractivity contribution in [3.63, 3.8) is 0 Å². The van der Waals surface area contributed by atoms with E-state index < -0.39 is 33.7 Å². The minimum atomic E-state index is -1.73. The number of alkyl halides is 3. The van der Waals surface area contributed by atoms with E-state index in [-0.39, 0.29) is 5.70 Å². The van der Waals surface area contributed by atoms with Crippen molar-refractivity contribution >= 4 is 64.5 Å². The number of rotatable bonds is 3. The van der Waals surface area contributed by atoms with Crippen LogP contribution in [0.3, 0.4) is 0 Å². The van der Waals surface area contributed by atoms with Crippen LogP contribution in [0.25, 0.3) is 0 Å². The van der Waals surface area contributed by atoms with Gasteiger partial charge in [-0.15, -0.1) is 11.8 Å². The summed E-state index contributed by atoms with van der Waals surface area (Å²) >= 11 is 18.0. The lowest BCUT2D eigenvalue weighted by Gasteiger charge is -2.47. The number of isocyanates is 1. The first-order chi connectivity index (χ1) is 9.76. The van der Waals surface area contributed by atoms with Crippen molar-refractivity contribution in [2.75, 3.05) is 12.4 Å². The van der Waals surface area contributed by atoms with Crippen molar-refractivity contribution in [1.29, 1.82) is 0 Å². The average molecular weight is 372 g/mol. The number of nitrogens with zero attached hydrogens (tertiary/aromatic N) is 2. The first kappa shape index (κ1) is 16.6. The predicted octanol–water partition coefficient (Wildman–Crippen LogP) is 1.79. The molecule has 2 aliphatic heterocycles. The lowest BCUT2D eigenvalue weighted by atomic mass is 10.0. The van der Waals surface area contributed by atoms with Gasteiger partial charge in [-0.25, -0.2) is 9.59 Å². The van der Waals surface area contributed by atoms with Crippen LogP contribution in [0.4, 0.5) is 0 Å². The monoisotopic (exact) mass is 370 g/mol. The van der Waals surface area contributed by atoms with Crippen molar-refractivity contribution in [2.24, 2.45) is 4.99 Å². The fourth-order valence-electron chi connectivity index (χ4n) is 2.00. The van der Waals surface area contributed by atoms with Crippen LogP contribution in [0.1, 0.15) is 6.92 Å². The number of esters is 1. The fraction of sp³-hybridized carbons (Fsp3) is 0.545. The summed E-state index contributed by atoms with van der Waals surface area (Å²) in [5, 5.41) is -0.405. The Balaban J connectivity index is 2.16. The number of amides is 1. The highest BCUT2D eigenvalue weighted by Crippen LogP contribution is 2.41. The van der Waals surface area contributed by atoms with Gasteiger partial charge in [0, 0.05) is 5.75 Å². The highest BCUT2D eigenvalue weighted by Gasteiger charge is 2.53. The van der Waals surface area contributed by atoms with Gasteiger partial charge in [0.25, 0.3) is 5.91 Å². The Bertz CT molecular complexity index is 568. The van der Waals surface area contributed by atoms with Crippen LogP contribution in [-0.4, -0.2) is 50.4 Å². The molecule has 1 saturated heterocycles. The van der Waals surface area contributed by atoms with Crippen molar-refractivity contribution in [2.45, 2.75) is 22.1 Å². The molecule has 2 atom stereocenters. The number of carbonyl (C=O) groups is 2. The molecule has 0 bridgehead atoms. The van der Waals surface area contributed by atoms with Crippen LogP contribution in [0, 0.1) is 0 Å². The Morgan fingerprint density at radius 1 is 1.57 bits per heavy atom. The number of hydrogen-bond acceptors (Lipinski definition) is 6. The molecule has 2 aliphatic rings. The summed E-state index contributed by atoms with van der Waals surface area (Å²) < 4.78 is 3.18. The molecule has 0 aliphatic carbocycles. The maximum Gasteiger partial charge on any atom is 0.355 e. The number of hydrogen-bond donors (Lipinski definition) is 0. The smallest absolute Gasteiger partial charge is 0.355 e. The summed E-state index contributed by atoms with van der Waals surface area (Å²) in [5.74, 6) is -0.681. The summed E-state index contributed by atoms with van der Waals surface area (Å²) in [7, 11) is 0. The van der Waals surface area contributed by atoms with Gasteiger partial charge in [0.05, 0.1) is 0 Å². The van der Waals surface area contributed by atoms with Crippen LogP contribution in [0.5, 0.6) is 0 Å². The van der Waals surface area contributed by atoms with Gasteiger partial charge in [-0.1, -0.05) is 34.8 Å². The van der Waals surface area contributed by atoms with Crippen LogP contribution in [-0.2, 0) is 19.1 Å². The molecule has 2 rings (SSSR count). The third kappa shape index (κ3) is 3.38. The number of fused-ring (bicyclic) bond motifs is 1. The normalized spacial score (nSPS) is 25.0. The summed E-state index contributed by atoms with van der Waals surface area (Å²) in [6, 6.07) is -0.809. The number of carbonyl (C=O) groups excluding carboxylic acids is 3. The van der Waals surface area contributed by atoms with Gasteiger partial charge in [0.1, 0.15) is 17.7 Å². The third-order valence-electron chi connectivity index (χ3n) is 2.88.